The molecule has 0 aromatic carbocycles. The summed E-state index contributed by atoms with van der Waals surface area (Å²) < 4.78 is 43.9. The fourth-order valence-electron chi connectivity index (χ4n) is 2.91. The summed E-state index contributed by atoms with van der Waals surface area (Å²) in [6.07, 6.45) is -0.761. The fraction of sp³-hybridized carbons (Fsp3) is 0.588. The minimum absolute atomic E-state index is 0.177. The van der Waals surface area contributed by atoms with Crippen molar-refractivity contribution in [1.29, 1.82) is 0 Å². The van der Waals surface area contributed by atoms with Gasteiger partial charge < -0.3 is 14.6 Å². The number of nitrogens with zero attached hydrogens (tertiary/aromatic N) is 4. The van der Waals surface area contributed by atoms with Gasteiger partial charge in [-0.15, -0.1) is 10.2 Å². The summed E-state index contributed by atoms with van der Waals surface area (Å²) in [6.45, 7) is 2.96. The molecule has 154 valence electrons. The molecule has 1 saturated heterocycles. The molecule has 0 saturated carbocycles. The Bertz CT molecular complexity index is 770. The second-order valence-electron chi connectivity index (χ2n) is 6.80. The highest BCUT2D eigenvalue weighted by molar-refractivity contribution is 7.99. The van der Waals surface area contributed by atoms with E-state index in [-0.39, 0.29) is 5.75 Å². The van der Waals surface area contributed by atoms with Crippen LogP contribution in [0.5, 0.6) is 0 Å². The number of thioether (sulfide) groups is 1. The van der Waals surface area contributed by atoms with Gasteiger partial charge in [-0.25, -0.2) is 0 Å². The smallest absolute Gasteiger partial charge is 0.405 e. The van der Waals surface area contributed by atoms with E-state index >= 15 is 0 Å². The van der Waals surface area contributed by atoms with Crippen LogP contribution in [0.2, 0.25) is 0 Å². The zero-order valence-corrected chi connectivity index (χ0v) is 16.2. The van der Waals surface area contributed by atoms with Gasteiger partial charge >= 0.3 is 6.18 Å². The molecule has 28 heavy (non-hydrogen) atoms. The Morgan fingerprint density at radius 1 is 1.36 bits per heavy atom. The molecule has 1 N–H and O–H groups in total. The number of amides is 1. The van der Waals surface area contributed by atoms with E-state index in [1.807, 2.05) is 16.0 Å². The second-order valence-corrected chi connectivity index (χ2v) is 7.74. The van der Waals surface area contributed by atoms with Crippen LogP contribution in [0.15, 0.2) is 28.0 Å². The minimum Gasteiger partial charge on any atom is -0.467 e. The van der Waals surface area contributed by atoms with Gasteiger partial charge in [0, 0.05) is 13.1 Å². The molecule has 1 amide bonds. The molecule has 0 bridgehead atoms. The number of halogens is 3. The Kier molecular flexibility index (Phi) is 6.53. The van der Waals surface area contributed by atoms with Crippen LogP contribution >= 0.6 is 11.8 Å². The number of nitrogens with one attached hydrogen (secondary N) is 1. The molecule has 3 rings (SSSR count). The Balaban J connectivity index is 1.70. The quantitative estimate of drug-likeness (QED) is 0.698. The minimum atomic E-state index is -4.43. The molecular weight excluding hydrogens is 395 g/mol. The van der Waals surface area contributed by atoms with E-state index in [4.69, 9.17) is 4.42 Å². The van der Waals surface area contributed by atoms with Crippen molar-refractivity contribution in [3.63, 3.8) is 0 Å². The van der Waals surface area contributed by atoms with Crippen molar-refractivity contribution >= 4 is 23.6 Å². The number of hydrogen-bond acceptors (Lipinski definition) is 6. The lowest BCUT2D eigenvalue weighted by atomic mass is 10.00. The first-order chi connectivity index (χ1) is 13.3. The van der Waals surface area contributed by atoms with Crippen LogP contribution in [0.1, 0.15) is 25.5 Å². The first kappa shape index (κ1) is 20.6. The van der Waals surface area contributed by atoms with Crippen LogP contribution < -0.4 is 10.2 Å². The summed E-state index contributed by atoms with van der Waals surface area (Å²) in [7, 11) is 0. The number of anilines is 1. The van der Waals surface area contributed by atoms with Gasteiger partial charge in [0.15, 0.2) is 5.16 Å². The largest absolute Gasteiger partial charge is 0.467 e. The summed E-state index contributed by atoms with van der Waals surface area (Å²) in [5.74, 6) is 1.16. The lowest BCUT2D eigenvalue weighted by Crippen LogP contribution is -2.35. The first-order valence-corrected chi connectivity index (χ1v) is 9.97. The molecule has 0 atom stereocenters. The van der Waals surface area contributed by atoms with Gasteiger partial charge in [0.25, 0.3) is 0 Å². The molecule has 0 radical (unpaired) electrons. The van der Waals surface area contributed by atoms with E-state index in [1.54, 1.807) is 12.3 Å². The number of piperidine rings is 1. The predicted octanol–water partition coefficient (Wildman–Crippen LogP) is 2.93. The van der Waals surface area contributed by atoms with E-state index in [9.17, 15) is 18.0 Å². The Labute approximate surface area is 164 Å². The van der Waals surface area contributed by atoms with Crippen molar-refractivity contribution in [3.8, 4) is 0 Å². The number of alkyl halides is 3. The number of aromatic nitrogens is 3. The standard InChI is InChI=1S/C17H22F3N5O2S/c1-12-4-6-24(7-5-12)15-22-23-16(25(15)9-13-3-2-8-27-13)28-10-14(26)21-11-17(18,19)20/h2-3,8,12H,4-7,9-11H2,1H3,(H,21,26). The van der Waals surface area contributed by atoms with Crippen LogP contribution in [0.4, 0.5) is 19.1 Å². The van der Waals surface area contributed by atoms with Crippen LogP contribution in [0.3, 0.4) is 0 Å². The maximum atomic E-state index is 12.2. The second kappa shape index (κ2) is 8.89. The van der Waals surface area contributed by atoms with Crippen LogP contribution in [-0.4, -0.2) is 52.2 Å². The molecule has 11 heteroatoms. The number of furan rings is 1. The molecule has 1 fully saturated rings. The van der Waals surface area contributed by atoms with Gasteiger partial charge in [-0.2, -0.15) is 13.2 Å². The third-order valence-corrected chi connectivity index (χ3v) is 5.44. The summed E-state index contributed by atoms with van der Waals surface area (Å²) in [4.78, 5) is 13.9. The van der Waals surface area contributed by atoms with Crippen molar-refractivity contribution in [3.05, 3.63) is 24.2 Å². The number of carbonyl (C=O) groups excluding carboxylic acids is 1. The normalized spacial score (nSPS) is 15.8. The zero-order valence-electron chi connectivity index (χ0n) is 15.4. The van der Waals surface area contributed by atoms with Crippen LogP contribution in [0.25, 0.3) is 0 Å². The Hall–Kier alpha value is -2.17. The van der Waals surface area contributed by atoms with Crippen LogP contribution in [0, 0.1) is 5.92 Å². The molecular formula is C17H22F3N5O2S. The molecule has 2 aromatic heterocycles. The maximum absolute atomic E-state index is 12.2. The maximum Gasteiger partial charge on any atom is 0.405 e. The number of hydrogen-bond donors (Lipinski definition) is 1. The average Bonchev–Trinajstić information content (AvgIpc) is 3.29. The highest BCUT2D eigenvalue weighted by Crippen LogP contribution is 2.27. The molecule has 0 unspecified atom stereocenters. The van der Waals surface area contributed by atoms with Crippen molar-refractivity contribution in [2.45, 2.75) is 37.6 Å². The first-order valence-electron chi connectivity index (χ1n) is 8.98. The van der Waals surface area contributed by atoms with E-state index in [1.165, 1.54) is 0 Å². The third kappa shape index (κ3) is 5.66. The highest BCUT2D eigenvalue weighted by atomic mass is 32.2. The van der Waals surface area contributed by atoms with Gasteiger partial charge in [0.2, 0.25) is 11.9 Å². The molecule has 0 aliphatic carbocycles. The summed E-state index contributed by atoms with van der Waals surface area (Å²) in [5.41, 5.74) is 0. The summed E-state index contributed by atoms with van der Waals surface area (Å²) in [6, 6.07) is 3.60. The fourth-order valence-corrected chi connectivity index (χ4v) is 3.67. The molecule has 1 aliphatic rings. The molecule has 7 nitrogen and oxygen atoms in total. The van der Waals surface area contributed by atoms with Crippen LogP contribution in [-0.2, 0) is 11.3 Å². The van der Waals surface area contributed by atoms with Gasteiger partial charge in [-0.05, 0) is 30.9 Å². The van der Waals surface area contributed by atoms with Gasteiger partial charge in [0.05, 0.1) is 18.6 Å². The van der Waals surface area contributed by atoms with Gasteiger partial charge in [0.1, 0.15) is 12.3 Å². The lowest BCUT2D eigenvalue weighted by molar-refractivity contribution is -0.136. The van der Waals surface area contributed by atoms with Crippen molar-refractivity contribution in [2.75, 3.05) is 30.3 Å². The van der Waals surface area contributed by atoms with Crippen molar-refractivity contribution in [2.24, 2.45) is 5.92 Å². The van der Waals surface area contributed by atoms with E-state index in [0.29, 0.717) is 29.3 Å². The predicted molar refractivity (Wildman–Crippen MR) is 98.2 cm³/mol. The summed E-state index contributed by atoms with van der Waals surface area (Å²) >= 11 is 1.05. The summed E-state index contributed by atoms with van der Waals surface area (Å²) in [5, 5.41) is 10.8. The lowest BCUT2D eigenvalue weighted by Gasteiger charge is -2.31. The zero-order chi connectivity index (χ0) is 20.1. The highest BCUT2D eigenvalue weighted by Gasteiger charge is 2.28. The molecule has 2 aromatic rings. The molecule has 0 spiro atoms. The van der Waals surface area contributed by atoms with E-state index < -0.39 is 18.6 Å². The van der Waals surface area contributed by atoms with Crippen molar-refractivity contribution < 1.29 is 22.4 Å². The Morgan fingerprint density at radius 3 is 2.75 bits per heavy atom. The molecule has 1 aliphatic heterocycles. The topological polar surface area (TPSA) is 76.2 Å². The third-order valence-electron chi connectivity index (χ3n) is 4.48. The Morgan fingerprint density at radius 2 is 2.11 bits per heavy atom. The van der Waals surface area contributed by atoms with Gasteiger partial charge in [-0.3, -0.25) is 9.36 Å². The van der Waals surface area contributed by atoms with E-state index in [0.717, 1.165) is 37.7 Å². The molecule has 3 heterocycles. The van der Waals surface area contributed by atoms with E-state index in [2.05, 4.69) is 22.0 Å². The average molecular weight is 417 g/mol. The van der Waals surface area contributed by atoms with Crippen molar-refractivity contribution in [1.82, 2.24) is 20.1 Å². The van der Waals surface area contributed by atoms with Gasteiger partial charge in [-0.1, -0.05) is 18.7 Å². The number of rotatable bonds is 7. The SMILES string of the molecule is CC1CCN(c2nnc(SCC(=O)NCC(F)(F)F)n2Cc2ccco2)CC1. The monoisotopic (exact) mass is 417 g/mol. The number of carbonyl (C=O) groups is 1.